The van der Waals surface area contributed by atoms with Gasteiger partial charge in [-0.25, -0.2) is 4.98 Å². The molecule has 0 aliphatic carbocycles. The van der Waals surface area contributed by atoms with Crippen LogP contribution in [0.5, 0.6) is 11.6 Å². The summed E-state index contributed by atoms with van der Waals surface area (Å²) in [6.45, 7) is 0.374. The Morgan fingerprint density at radius 3 is 2.14 bits per heavy atom. The van der Waals surface area contributed by atoms with Crippen LogP contribution >= 0.6 is 0 Å². The average molecular weight is 277 g/mol. The number of benzene rings is 2. The van der Waals surface area contributed by atoms with E-state index in [2.05, 4.69) is 22.1 Å². The highest BCUT2D eigenvalue weighted by atomic mass is 16.5. The maximum Gasteiger partial charge on any atom is 0.237 e. The topological polar surface area (TPSA) is 61.0 Å². The Morgan fingerprint density at radius 1 is 0.810 bits per heavy atom. The summed E-state index contributed by atoms with van der Waals surface area (Å²) in [6, 6.07) is 18.1. The van der Waals surface area contributed by atoms with Gasteiger partial charge in [-0.3, -0.25) is 4.98 Å². The van der Waals surface area contributed by atoms with Crippen molar-refractivity contribution in [2.24, 2.45) is 5.73 Å². The third-order valence-electron chi connectivity index (χ3n) is 3.07. The molecule has 3 aromatic rings. The van der Waals surface area contributed by atoms with Gasteiger partial charge < -0.3 is 10.5 Å². The summed E-state index contributed by atoms with van der Waals surface area (Å²) in [5.41, 5.74) is 8.54. The summed E-state index contributed by atoms with van der Waals surface area (Å²) in [6.07, 6.45) is 3.20. The lowest BCUT2D eigenvalue weighted by molar-refractivity contribution is 0.459. The Bertz CT molecular complexity index is 694. The van der Waals surface area contributed by atoms with Gasteiger partial charge >= 0.3 is 0 Å². The summed E-state index contributed by atoms with van der Waals surface area (Å²) in [4.78, 5) is 8.31. The number of nitrogens with zero attached hydrogens (tertiary/aromatic N) is 2. The van der Waals surface area contributed by atoms with Crippen molar-refractivity contribution in [3.63, 3.8) is 0 Å². The van der Waals surface area contributed by atoms with Crippen molar-refractivity contribution in [3.8, 4) is 22.8 Å². The van der Waals surface area contributed by atoms with Crippen molar-refractivity contribution in [2.45, 2.75) is 6.54 Å². The van der Waals surface area contributed by atoms with Crippen LogP contribution in [0.2, 0.25) is 0 Å². The second-order valence-electron chi connectivity index (χ2n) is 4.54. The normalized spacial score (nSPS) is 10.3. The van der Waals surface area contributed by atoms with Crippen LogP contribution in [0.3, 0.4) is 0 Å². The average Bonchev–Trinajstić information content (AvgIpc) is 2.57. The molecule has 0 atom stereocenters. The fourth-order valence-electron chi connectivity index (χ4n) is 1.97. The van der Waals surface area contributed by atoms with Gasteiger partial charge in [0.15, 0.2) is 0 Å². The van der Waals surface area contributed by atoms with Gasteiger partial charge in [0, 0.05) is 6.54 Å². The molecular weight excluding hydrogens is 262 g/mol. The summed E-state index contributed by atoms with van der Waals surface area (Å²) in [5, 5.41) is 0. The first-order valence-corrected chi connectivity index (χ1v) is 6.69. The van der Waals surface area contributed by atoms with Crippen LogP contribution in [0, 0.1) is 0 Å². The third kappa shape index (κ3) is 3.24. The van der Waals surface area contributed by atoms with E-state index in [0.717, 1.165) is 17.0 Å². The monoisotopic (exact) mass is 277 g/mol. The molecule has 3 rings (SSSR count). The van der Waals surface area contributed by atoms with Gasteiger partial charge in [-0.1, -0.05) is 42.5 Å². The van der Waals surface area contributed by atoms with Gasteiger partial charge in [0.2, 0.25) is 5.88 Å². The second-order valence-corrected chi connectivity index (χ2v) is 4.54. The molecule has 0 fully saturated rings. The largest absolute Gasteiger partial charge is 0.438 e. The van der Waals surface area contributed by atoms with Crippen LogP contribution in [-0.4, -0.2) is 9.97 Å². The van der Waals surface area contributed by atoms with Gasteiger partial charge in [0.1, 0.15) is 5.75 Å². The van der Waals surface area contributed by atoms with Crippen molar-refractivity contribution in [2.75, 3.05) is 0 Å². The molecule has 0 saturated heterocycles. The minimum Gasteiger partial charge on any atom is -0.438 e. The van der Waals surface area contributed by atoms with Crippen LogP contribution < -0.4 is 10.5 Å². The minimum absolute atomic E-state index is 0.374. The maximum absolute atomic E-state index is 5.65. The van der Waals surface area contributed by atoms with Crippen molar-refractivity contribution in [1.29, 1.82) is 0 Å². The second kappa shape index (κ2) is 6.15. The van der Waals surface area contributed by atoms with Gasteiger partial charge in [0.25, 0.3) is 0 Å². The van der Waals surface area contributed by atoms with E-state index >= 15 is 0 Å². The first kappa shape index (κ1) is 13.3. The highest BCUT2D eigenvalue weighted by Gasteiger charge is 2.01. The van der Waals surface area contributed by atoms with E-state index in [0.29, 0.717) is 12.4 Å². The van der Waals surface area contributed by atoms with Crippen molar-refractivity contribution in [1.82, 2.24) is 9.97 Å². The number of ether oxygens (including phenoxy) is 1. The number of aromatic nitrogens is 2. The first-order chi connectivity index (χ1) is 10.3. The SMILES string of the molecule is NCc1cnc(Oc2ccc(-c3ccccc3)cc2)cn1. The Labute approximate surface area is 123 Å². The Balaban J connectivity index is 1.75. The van der Waals surface area contributed by atoms with Gasteiger partial charge in [-0.05, 0) is 23.3 Å². The molecule has 2 aromatic carbocycles. The lowest BCUT2D eigenvalue weighted by Gasteiger charge is -2.06. The van der Waals surface area contributed by atoms with E-state index in [1.165, 1.54) is 5.56 Å². The number of hydrogen-bond acceptors (Lipinski definition) is 4. The van der Waals surface area contributed by atoms with Crippen molar-refractivity contribution < 1.29 is 4.74 Å². The Kier molecular flexibility index (Phi) is 3.89. The zero-order chi connectivity index (χ0) is 14.5. The third-order valence-corrected chi connectivity index (χ3v) is 3.07. The van der Waals surface area contributed by atoms with Crippen molar-refractivity contribution in [3.05, 3.63) is 72.7 Å². The lowest BCUT2D eigenvalue weighted by Crippen LogP contribution is -2.00. The fraction of sp³-hybridized carbons (Fsp3) is 0.0588. The Hall–Kier alpha value is -2.72. The highest BCUT2D eigenvalue weighted by molar-refractivity contribution is 5.63. The molecule has 0 aliphatic heterocycles. The zero-order valence-corrected chi connectivity index (χ0v) is 11.4. The predicted octanol–water partition coefficient (Wildman–Crippen LogP) is 3.39. The quantitative estimate of drug-likeness (QED) is 0.794. The molecule has 0 radical (unpaired) electrons. The van der Waals surface area contributed by atoms with Crippen LogP contribution in [0.25, 0.3) is 11.1 Å². The number of rotatable bonds is 4. The van der Waals surface area contributed by atoms with E-state index < -0.39 is 0 Å². The van der Waals surface area contributed by atoms with E-state index in [1.807, 2.05) is 42.5 Å². The molecule has 1 aromatic heterocycles. The minimum atomic E-state index is 0.374. The summed E-state index contributed by atoms with van der Waals surface area (Å²) < 4.78 is 5.65. The van der Waals surface area contributed by atoms with Crippen LogP contribution in [0.4, 0.5) is 0 Å². The standard InChI is InChI=1S/C17H15N3O/c18-10-15-11-20-17(12-19-15)21-16-8-6-14(7-9-16)13-4-2-1-3-5-13/h1-9,11-12H,10,18H2. The van der Waals surface area contributed by atoms with E-state index in [1.54, 1.807) is 12.4 Å². The summed E-state index contributed by atoms with van der Waals surface area (Å²) in [7, 11) is 0. The molecule has 0 aliphatic rings. The molecule has 2 N–H and O–H groups in total. The molecule has 104 valence electrons. The fourth-order valence-corrected chi connectivity index (χ4v) is 1.97. The molecule has 1 heterocycles. The van der Waals surface area contributed by atoms with Gasteiger partial charge in [-0.2, -0.15) is 0 Å². The van der Waals surface area contributed by atoms with Crippen molar-refractivity contribution >= 4 is 0 Å². The molecule has 0 unspecified atom stereocenters. The molecule has 0 bridgehead atoms. The lowest BCUT2D eigenvalue weighted by atomic mass is 10.1. The van der Waals surface area contributed by atoms with E-state index in [4.69, 9.17) is 10.5 Å². The summed E-state index contributed by atoms with van der Waals surface area (Å²) >= 11 is 0. The molecule has 0 spiro atoms. The summed E-state index contributed by atoms with van der Waals surface area (Å²) in [5.74, 6) is 1.18. The molecule has 0 saturated carbocycles. The zero-order valence-electron chi connectivity index (χ0n) is 11.4. The smallest absolute Gasteiger partial charge is 0.237 e. The number of nitrogens with two attached hydrogens (primary N) is 1. The van der Waals surface area contributed by atoms with Crippen LogP contribution in [0.1, 0.15) is 5.69 Å². The van der Waals surface area contributed by atoms with Gasteiger partial charge in [0.05, 0.1) is 18.1 Å². The first-order valence-electron chi connectivity index (χ1n) is 6.69. The van der Waals surface area contributed by atoms with E-state index in [-0.39, 0.29) is 0 Å². The highest BCUT2D eigenvalue weighted by Crippen LogP contribution is 2.24. The predicted molar refractivity (Wildman–Crippen MR) is 81.9 cm³/mol. The molecule has 4 nitrogen and oxygen atoms in total. The molecule has 4 heteroatoms. The number of hydrogen-bond donors (Lipinski definition) is 1. The molecule has 21 heavy (non-hydrogen) atoms. The van der Waals surface area contributed by atoms with Gasteiger partial charge in [-0.15, -0.1) is 0 Å². The molecule has 0 amide bonds. The maximum atomic E-state index is 5.65. The van der Waals surface area contributed by atoms with Crippen LogP contribution in [-0.2, 0) is 6.54 Å². The Morgan fingerprint density at radius 2 is 1.52 bits per heavy atom. The van der Waals surface area contributed by atoms with Crippen LogP contribution in [0.15, 0.2) is 67.0 Å². The molecular formula is C17H15N3O. The van der Waals surface area contributed by atoms with E-state index in [9.17, 15) is 0 Å².